The lowest BCUT2D eigenvalue weighted by Gasteiger charge is -2.05. The van der Waals surface area contributed by atoms with E-state index in [9.17, 15) is 0 Å². The van der Waals surface area contributed by atoms with Crippen LogP contribution in [0, 0.1) is 0 Å². The summed E-state index contributed by atoms with van der Waals surface area (Å²) in [5.74, 6) is 0. The molecule has 0 aliphatic heterocycles. The summed E-state index contributed by atoms with van der Waals surface area (Å²) < 4.78 is 1.10. The van der Waals surface area contributed by atoms with E-state index in [1.165, 1.54) is 0 Å². The summed E-state index contributed by atoms with van der Waals surface area (Å²) in [6.07, 6.45) is 2.00. The van der Waals surface area contributed by atoms with Gasteiger partial charge in [-0.25, -0.2) is 0 Å². The van der Waals surface area contributed by atoms with Crippen LogP contribution in [-0.4, -0.2) is 6.26 Å². The third-order valence-corrected chi connectivity index (χ3v) is 3.72. The lowest BCUT2D eigenvalue weighted by Crippen LogP contribution is -1.92. The summed E-state index contributed by atoms with van der Waals surface area (Å²) in [7, 11) is 0. The summed E-state index contributed by atoms with van der Waals surface area (Å²) in [5.41, 5.74) is 13.5. The molecule has 1 aromatic heterocycles. The Bertz CT molecular complexity index is 448. The molecule has 2 nitrogen and oxygen atoms in total. The van der Waals surface area contributed by atoms with E-state index >= 15 is 0 Å². The number of nitrogens with two attached hydrogens (primary N) is 2. The van der Waals surface area contributed by atoms with Gasteiger partial charge in [-0.3, -0.25) is 0 Å². The Labute approximate surface area is 84.9 Å². The molecule has 0 saturated heterocycles. The normalized spacial score (nSPS) is 10.8. The first-order chi connectivity index (χ1) is 6.24. The molecule has 2 aromatic rings. The van der Waals surface area contributed by atoms with E-state index in [2.05, 4.69) is 0 Å². The Morgan fingerprint density at radius 1 is 1.38 bits per heavy atom. The zero-order chi connectivity index (χ0) is 9.42. The van der Waals surface area contributed by atoms with Crippen molar-refractivity contribution < 1.29 is 0 Å². The Balaban J connectivity index is 2.85. The zero-order valence-electron chi connectivity index (χ0n) is 7.20. The van der Waals surface area contributed by atoms with Crippen molar-refractivity contribution in [2.45, 2.75) is 4.90 Å². The minimum absolute atomic E-state index is 0.815. The third kappa shape index (κ3) is 1.26. The molecule has 0 spiro atoms. The SMILES string of the molecule is CSc1cc(N)c2ccsc2c1N. The molecule has 0 atom stereocenters. The van der Waals surface area contributed by atoms with E-state index in [4.69, 9.17) is 11.5 Å². The van der Waals surface area contributed by atoms with Gasteiger partial charge in [-0.2, -0.15) is 0 Å². The summed E-state index contributed by atoms with van der Waals surface area (Å²) >= 11 is 3.27. The fraction of sp³-hybridized carbons (Fsp3) is 0.111. The highest BCUT2D eigenvalue weighted by Crippen LogP contribution is 2.37. The molecule has 68 valence electrons. The maximum absolute atomic E-state index is 5.98. The van der Waals surface area contributed by atoms with Gasteiger partial charge in [0, 0.05) is 16.0 Å². The second-order valence-electron chi connectivity index (χ2n) is 2.75. The van der Waals surface area contributed by atoms with Crippen LogP contribution < -0.4 is 11.5 Å². The number of thioether (sulfide) groups is 1. The molecule has 0 fully saturated rings. The van der Waals surface area contributed by atoms with Crippen LogP contribution in [0.4, 0.5) is 11.4 Å². The molecular weight excluding hydrogens is 200 g/mol. The topological polar surface area (TPSA) is 52.0 Å². The van der Waals surface area contributed by atoms with Crippen LogP contribution in [-0.2, 0) is 0 Å². The summed E-state index contributed by atoms with van der Waals surface area (Å²) in [5, 5.41) is 3.09. The van der Waals surface area contributed by atoms with Gasteiger partial charge in [0.05, 0.1) is 10.4 Å². The number of hydrogen-bond donors (Lipinski definition) is 2. The van der Waals surface area contributed by atoms with Gasteiger partial charge < -0.3 is 11.5 Å². The molecule has 13 heavy (non-hydrogen) atoms. The van der Waals surface area contributed by atoms with E-state index in [1.807, 2.05) is 23.8 Å². The van der Waals surface area contributed by atoms with Crippen LogP contribution in [0.15, 0.2) is 22.4 Å². The number of rotatable bonds is 1. The number of hydrogen-bond acceptors (Lipinski definition) is 4. The van der Waals surface area contributed by atoms with Crippen LogP contribution in [0.1, 0.15) is 0 Å². The first-order valence-electron chi connectivity index (χ1n) is 3.83. The Kier molecular flexibility index (Phi) is 2.09. The molecule has 0 unspecified atom stereocenters. The molecule has 4 N–H and O–H groups in total. The van der Waals surface area contributed by atoms with E-state index in [0.717, 1.165) is 26.4 Å². The maximum Gasteiger partial charge on any atom is 0.0634 e. The first kappa shape index (κ1) is 8.72. The first-order valence-corrected chi connectivity index (χ1v) is 5.93. The second kappa shape index (κ2) is 3.12. The van der Waals surface area contributed by atoms with E-state index in [0.29, 0.717) is 0 Å². The average Bonchev–Trinajstić information content (AvgIpc) is 2.60. The number of nitrogen functional groups attached to an aromatic ring is 2. The van der Waals surface area contributed by atoms with Gasteiger partial charge in [-0.15, -0.1) is 23.1 Å². The molecular formula is C9H10N2S2. The predicted molar refractivity (Wildman–Crippen MR) is 62.4 cm³/mol. The van der Waals surface area contributed by atoms with Crippen molar-refractivity contribution in [3.63, 3.8) is 0 Å². The Morgan fingerprint density at radius 2 is 2.15 bits per heavy atom. The number of fused-ring (bicyclic) bond motifs is 1. The fourth-order valence-corrected chi connectivity index (χ4v) is 2.84. The number of anilines is 2. The van der Waals surface area contributed by atoms with Crippen molar-refractivity contribution in [3.05, 3.63) is 17.5 Å². The second-order valence-corrected chi connectivity index (χ2v) is 4.51. The molecule has 1 aromatic carbocycles. The van der Waals surface area contributed by atoms with Crippen LogP contribution >= 0.6 is 23.1 Å². The van der Waals surface area contributed by atoms with Crippen molar-refractivity contribution in [2.24, 2.45) is 0 Å². The van der Waals surface area contributed by atoms with Crippen molar-refractivity contribution >= 4 is 44.6 Å². The number of thiophene rings is 1. The highest BCUT2D eigenvalue weighted by atomic mass is 32.2. The highest BCUT2D eigenvalue weighted by molar-refractivity contribution is 7.98. The molecule has 0 radical (unpaired) electrons. The largest absolute Gasteiger partial charge is 0.398 e. The third-order valence-electron chi connectivity index (χ3n) is 1.99. The fourth-order valence-electron chi connectivity index (χ4n) is 1.32. The van der Waals surface area contributed by atoms with Crippen LogP contribution in [0.2, 0.25) is 0 Å². The molecule has 0 aliphatic carbocycles. The van der Waals surface area contributed by atoms with Gasteiger partial charge in [0.25, 0.3) is 0 Å². The lowest BCUT2D eigenvalue weighted by molar-refractivity contribution is 1.52. The molecule has 0 amide bonds. The number of benzene rings is 1. The molecule has 4 heteroatoms. The summed E-state index contributed by atoms with van der Waals surface area (Å²) in [6.45, 7) is 0. The lowest BCUT2D eigenvalue weighted by atomic mass is 10.2. The standard InChI is InChI=1S/C9H10N2S2/c1-12-7-4-6(10)5-2-3-13-9(5)8(7)11/h2-4H,10-11H2,1H3. The summed E-state index contributed by atoms with van der Waals surface area (Å²) in [4.78, 5) is 1.06. The van der Waals surface area contributed by atoms with Crippen molar-refractivity contribution in [1.29, 1.82) is 0 Å². The quantitative estimate of drug-likeness (QED) is 0.562. The molecule has 0 bridgehead atoms. The molecule has 2 rings (SSSR count). The smallest absolute Gasteiger partial charge is 0.0634 e. The van der Waals surface area contributed by atoms with Crippen molar-refractivity contribution in [1.82, 2.24) is 0 Å². The minimum atomic E-state index is 0.815. The molecule has 0 aliphatic rings. The molecule has 0 saturated carbocycles. The van der Waals surface area contributed by atoms with Crippen molar-refractivity contribution in [2.75, 3.05) is 17.7 Å². The zero-order valence-corrected chi connectivity index (χ0v) is 8.84. The van der Waals surface area contributed by atoms with E-state index in [1.54, 1.807) is 23.1 Å². The predicted octanol–water partition coefficient (Wildman–Crippen LogP) is 2.79. The molecule has 1 heterocycles. The van der Waals surface area contributed by atoms with Gasteiger partial charge in [0.15, 0.2) is 0 Å². The van der Waals surface area contributed by atoms with E-state index in [-0.39, 0.29) is 0 Å². The summed E-state index contributed by atoms with van der Waals surface area (Å²) in [6, 6.07) is 3.95. The average molecular weight is 210 g/mol. The Hall–Kier alpha value is -0.870. The highest BCUT2D eigenvalue weighted by Gasteiger charge is 2.07. The van der Waals surface area contributed by atoms with Gasteiger partial charge >= 0.3 is 0 Å². The van der Waals surface area contributed by atoms with Gasteiger partial charge in [-0.05, 0) is 23.8 Å². The van der Waals surface area contributed by atoms with Crippen LogP contribution in [0.25, 0.3) is 10.1 Å². The monoisotopic (exact) mass is 210 g/mol. The Morgan fingerprint density at radius 3 is 2.85 bits per heavy atom. The van der Waals surface area contributed by atoms with Gasteiger partial charge in [0.1, 0.15) is 0 Å². The van der Waals surface area contributed by atoms with Gasteiger partial charge in [0.2, 0.25) is 0 Å². The van der Waals surface area contributed by atoms with E-state index < -0.39 is 0 Å². The minimum Gasteiger partial charge on any atom is -0.398 e. The van der Waals surface area contributed by atoms with Crippen LogP contribution in [0.5, 0.6) is 0 Å². The van der Waals surface area contributed by atoms with Crippen molar-refractivity contribution in [3.8, 4) is 0 Å². The van der Waals surface area contributed by atoms with Gasteiger partial charge in [-0.1, -0.05) is 0 Å². The van der Waals surface area contributed by atoms with Crippen LogP contribution in [0.3, 0.4) is 0 Å². The maximum atomic E-state index is 5.98.